The minimum absolute atomic E-state index is 0.479. The van der Waals surface area contributed by atoms with Crippen LogP contribution in [0.4, 0.5) is 0 Å². The van der Waals surface area contributed by atoms with Gasteiger partial charge in [-0.05, 0) is 12.1 Å². The van der Waals surface area contributed by atoms with E-state index in [0.717, 1.165) is 40.4 Å². The van der Waals surface area contributed by atoms with Crippen molar-refractivity contribution >= 4 is 35.1 Å². The molecular weight excluding hydrogens is 252 g/mol. The molecule has 15 heavy (non-hydrogen) atoms. The standard InChI is InChI=1S/C9H9ClN2OS2/c1-2-6-3-4-7(13-6)5-14-9-8(10)11-15-12-9/h3-4H,2,5H2,1H3. The molecule has 0 aliphatic heterocycles. The molecule has 0 N–H and O–H groups in total. The fraction of sp³-hybridized carbons (Fsp3) is 0.333. The van der Waals surface area contributed by atoms with Crippen molar-refractivity contribution in [2.24, 2.45) is 0 Å². The van der Waals surface area contributed by atoms with Gasteiger partial charge in [0.2, 0.25) is 0 Å². The molecule has 0 unspecified atom stereocenters. The number of hydrogen-bond donors (Lipinski definition) is 0. The lowest BCUT2D eigenvalue weighted by Gasteiger charge is -1.94. The Morgan fingerprint density at radius 1 is 1.40 bits per heavy atom. The highest BCUT2D eigenvalue weighted by Crippen LogP contribution is 2.28. The number of furan rings is 1. The van der Waals surface area contributed by atoms with Gasteiger partial charge in [-0.3, -0.25) is 0 Å². The first-order chi connectivity index (χ1) is 7.29. The molecule has 2 heterocycles. The van der Waals surface area contributed by atoms with E-state index in [1.807, 2.05) is 12.1 Å². The third-order valence-electron chi connectivity index (χ3n) is 1.84. The molecule has 0 radical (unpaired) electrons. The summed E-state index contributed by atoms with van der Waals surface area (Å²) >= 11 is 8.49. The molecule has 6 heteroatoms. The van der Waals surface area contributed by atoms with Gasteiger partial charge in [0, 0.05) is 6.42 Å². The Morgan fingerprint density at radius 2 is 2.20 bits per heavy atom. The highest BCUT2D eigenvalue weighted by Gasteiger charge is 2.07. The van der Waals surface area contributed by atoms with Crippen LogP contribution in [0.1, 0.15) is 18.4 Å². The number of rotatable bonds is 4. The predicted octanol–water partition coefficient (Wildman–Crippen LogP) is 3.64. The fourth-order valence-corrected chi connectivity index (χ4v) is 2.76. The van der Waals surface area contributed by atoms with Gasteiger partial charge in [-0.2, -0.15) is 8.75 Å². The van der Waals surface area contributed by atoms with E-state index in [1.165, 1.54) is 0 Å². The second-order valence-electron chi connectivity index (χ2n) is 2.87. The highest BCUT2D eigenvalue weighted by molar-refractivity contribution is 7.98. The molecule has 0 aliphatic carbocycles. The normalized spacial score (nSPS) is 10.8. The van der Waals surface area contributed by atoms with Crippen molar-refractivity contribution < 1.29 is 4.42 Å². The summed E-state index contributed by atoms with van der Waals surface area (Å²) < 4.78 is 13.5. The van der Waals surface area contributed by atoms with Crippen molar-refractivity contribution in [3.05, 3.63) is 28.8 Å². The van der Waals surface area contributed by atoms with Crippen LogP contribution in [0.5, 0.6) is 0 Å². The van der Waals surface area contributed by atoms with E-state index in [1.54, 1.807) is 11.8 Å². The first-order valence-electron chi connectivity index (χ1n) is 4.48. The van der Waals surface area contributed by atoms with Crippen LogP contribution < -0.4 is 0 Å². The summed E-state index contributed by atoms with van der Waals surface area (Å²) in [6, 6.07) is 3.98. The fourth-order valence-electron chi connectivity index (χ4n) is 1.09. The van der Waals surface area contributed by atoms with Crippen molar-refractivity contribution in [1.82, 2.24) is 8.75 Å². The third kappa shape index (κ3) is 2.74. The molecule has 0 saturated carbocycles. The molecule has 0 bridgehead atoms. The van der Waals surface area contributed by atoms with Gasteiger partial charge in [-0.25, -0.2) is 0 Å². The predicted molar refractivity (Wildman–Crippen MR) is 62.6 cm³/mol. The zero-order valence-corrected chi connectivity index (χ0v) is 10.5. The minimum atomic E-state index is 0.479. The van der Waals surface area contributed by atoms with Crippen LogP contribution in [-0.4, -0.2) is 8.75 Å². The maximum atomic E-state index is 5.82. The zero-order chi connectivity index (χ0) is 10.7. The maximum absolute atomic E-state index is 5.82. The van der Waals surface area contributed by atoms with Crippen LogP contribution in [-0.2, 0) is 12.2 Å². The van der Waals surface area contributed by atoms with Crippen molar-refractivity contribution in [3.8, 4) is 0 Å². The molecule has 3 nitrogen and oxygen atoms in total. The number of aryl methyl sites for hydroxylation is 1. The minimum Gasteiger partial charge on any atom is -0.465 e. The Kier molecular flexibility index (Phi) is 3.66. The third-order valence-corrected chi connectivity index (χ3v) is 3.94. The molecule has 2 aromatic rings. The van der Waals surface area contributed by atoms with Crippen LogP contribution in [0.25, 0.3) is 0 Å². The molecule has 0 aromatic carbocycles. The topological polar surface area (TPSA) is 38.9 Å². The van der Waals surface area contributed by atoms with Crippen LogP contribution in [0.2, 0.25) is 5.15 Å². The van der Waals surface area contributed by atoms with Crippen molar-refractivity contribution in [1.29, 1.82) is 0 Å². The summed E-state index contributed by atoms with van der Waals surface area (Å²) in [7, 11) is 0. The molecular formula is C9H9ClN2OS2. The second kappa shape index (κ2) is 5.01. The van der Waals surface area contributed by atoms with Gasteiger partial charge >= 0.3 is 0 Å². The zero-order valence-electron chi connectivity index (χ0n) is 8.07. The monoisotopic (exact) mass is 260 g/mol. The maximum Gasteiger partial charge on any atom is 0.176 e. The summed E-state index contributed by atoms with van der Waals surface area (Å²) in [5, 5.41) is 1.25. The van der Waals surface area contributed by atoms with E-state index >= 15 is 0 Å². The number of halogens is 1. The SMILES string of the molecule is CCc1ccc(CSc2nsnc2Cl)o1. The molecule has 0 atom stereocenters. The molecule has 2 aromatic heterocycles. The summed E-state index contributed by atoms with van der Waals surface area (Å²) in [6.07, 6.45) is 0.920. The Hall–Kier alpha value is -0.520. The summed E-state index contributed by atoms with van der Waals surface area (Å²) in [6.45, 7) is 2.07. The number of hydrogen-bond acceptors (Lipinski definition) is 5. The largest absolute Gasteiger partial charge is 0.465 e. The lowest BCUT2D eigenvalue weighted by atomic mass is 10.4. The van der Waals surface area contributed by atoms with Crippen molar-refractivity contribution in [2.75, 3.05) is 0 Å². The van der Waals surface area contributed by atoms with Crippen LogP contribution in [0.15, 0.2) is 21.6 Å². The Labute approximate surface area is 101 Å². The highest BCUT2D eigenvalue weighted by atomic mass is 35.5. The first-order valence-corrected chi connectivity index (χ1v) is 6.57. The summed E-state index contributed by atoms with van der Waals surface area (Å²) in [5.74, 6) is 2.69. The van der Waals surface area contributed by atoms with Gasteiger partial charge in [-0.1, -0.05) is 30.3 Å². The Balaban J connectivity index is 1.96. The van der Waals surface area contributed by atoms with Crippen LogP contribution >= 0.6 is 35.1 Å². The van der Waals surface area contributed by atoms with Gasteiger partial charge in [0.1, 0.15) is 16.5 Å². The molecule has 0 amide bonds. The molecule has 0 spiro atoms. The average molecular weight is 261 g/mol. The lowest BCUT2D eigenvalue weighted by Crippen LogP contribution is -1.77. The lowest BCUT2D eigenvalue weighted by molar-refractivity contribution is 0.485. The quantitative estimate of drug-likeness (QED) is 0.787. The first kappa shape index (κ1) is 11.0. The Morgan fingerprint density at radius 3 is 2.80 bits per heavy atom. The van der Waals surface area contributed by atoms with E-state index in [4.69, 9.17) is 16.0 Å². The van der Waals surface area contributed by atoms with E-state index in [2.05, 4.69) is 15.7 Å². The number of aromatic nitrogens is 2. The van der Waals surface area contributed by atoms with E-state index in [9.17, 15) is 0 Å². The van der Waals surface area contributed by atoms with Crippen LogP contribution in [0.3, 0.4) is 0 Å². The number of thioether (sulfide) groups is 1. The summed E-state index contributed by atoms with van der Waals surface area (Å²) in [4.78, 5) is 0. The second-order valence-corrected chi connectivity index (χ2v) is 4.72. The van der Waals surface area contributed by atoms with Gasteiger partial charge in [0.05, 0.1) is 17.5 Å². The van der Waals surface area contributed by atoms with Gasteiger partial charge in [0.15, 0.2) is 5.15 Å². The van der Waals surface area contributed by atoms with Gasteiger partial charge < -0.3 is 4.42 Å². The molecule has 0 saturated heterocycles. The number of nitrogens with zero attached hydrogens (tertiary/aromatic N) is 2. The van der Waals surface area contributed by atoms with Gasteiger partial charge in [-0.15, -0.1) is 0 Å². The van der Waals surface area contributed by atoms with E-state index in [-0.39, 0.29) is 0 Å². The Bertz CT molecular complexity index is 441. The van der Waals surface area contributed by atoms with E-state index in [0.29, 0.717) is 5.15 Å². The van der Waals surface area contributed by atoms with Crippen LogP contribution in [0, 0.1) is 0 Å². The molecule has 0 aliphatic rings. The molecule has 0 fully saturated rings. The summed E-state index contributed by atoms with van der Waals surface area (Å²) in [5.41, 5.74) is 0. The van der Waals surface area contributed by atoms with Crippen molar-refractivity contribution in [2.45, 2.75) is 24.1 Å². The molecule has 80 valence electrons. The average Bonchev–Trinajstić information content (AvgIpc) is 2.84. The van der Waals surface area contributed by atoms with Gasteiger partial charge in [0.25, 0.3) is 0 Å². The van der Waals surface area contributed by atoms with Crippen molar-refractivity contribution in [3.63, 3.8) is 0 Å². The molecule has 2 rings (SSSR count). The van der Waals surface area contributed by atoms with E-state index < -0.39 is 0 Å². The smallest absolute Gasteiger partial charge is 0.176 e.